The first-order valence-corrected chi connectivity index (χ1v) is 6.52. The highest BCUT2D eigenvalue weighted by Gasteiger charge is 2.07. The van der Waals surface area contributed by atoms with Crippen molar-refractivity contribution in [3.8, 4) is 16.3 Å². The maximum Gasteiger partial charge on any atom is 0.222 e. The SMILES string of the molecule is COc1ccc2cc(-c3ccnc(Cl)n3)sc2c1. The molecule has 3 rings (SSSR count). The molecule has 0 spiro atoms. The van der Waals surface area contributed by atoms with Crippen LogP contribution in [-0.4, -0.2) is 17.1 Å². The molecule has 0 aliphatic heterocycles. The fourth-order valence-electron chi connectivity index (χ4n) is 1.74. The molecule has 0 fully saturated rings. The Morgan fingerprint density at radius 2 is 2.11 bits per heavy atom. The number of methoxy groups -OCH3 is 1. The van der Waals surface area contributed by atoms with Crippen LogP contribution in [0.15, 0.2) is 36.5 Å². The van der Waals surface area contributed by atoms with Gasteiger partial charge in [-0.2, -0.15) is 0 Å². The molecular weight excluding hydrogens is 268 g/mol. The third kappa shape index (κ3) is 2.05. The van der Waals surface area contributed by atoms with Gasteiger partial charge in [0.25, 0.3) is 0 Å². The summed E-state index contributed by atoms with van der Waals surface area (Å²) in [6.07, 6.45) is 1.66. The van der Waals surface area contributed by atoms with Gasteiger partial charge < -0.3 is 4.74 Å². The average Bonchev–Trinajstić information content (AvgIpc) is 2.81. The molecule has 2 heterocycles. The smallest absolute Gasteiger partial charge is 0.222 e. The van der Waals surface area contributed by atoms with E-state index >= 15 is 0 Å². The van der Waals surface area contributed by atoms with Crippen molar-refractivity contribution in [3.63, 3.8) is 0 Å². The Morgan fingerprint density at radius 1 is 1.22 bits per heavy atom. The predicted molar refractivity (Wildman–Crippen MR) is 74.4 cm³/mol. The highest BCUT2D eigenvalue weighted by molar-refractivity contribution is 7.22. The zero-order chi connectivity index (χ0) is 12.5. The van der Waals surface area contributed by atoms with Crippen LogP contribution >= 0.6 is 22.9 Å². The highest BCUT2D eigenvalue weighted by atomic mass is 35.5. The number of fused-ring (bicyclic) bond motifs is 1. The second-order valence-electron chi connectivity index (χ2n) is 3.73. The molecule has 0 saturated carbocycles. The number of hydrogen-bond donors (Lipinski definition) is 0. The van der Waals surface area contributed by atoms with Gasteiger partial charge in [-0.05, 0) is 47.3 Å². The number of thiophene rings is 1. The van der Waals surface area contributed by atoms with Gasteiger partial charge in [0.15, 0.2) is 0 Å². The molecule has 2 aromatic heterocycles. The van der Waals surface area contributed by atoms with E-state index in [4.69, 9.17) is 16.3 Å². The zero-order valence-electron chi connectivity index (χ0n) is 9.55. The molecule has 1 aromatic carbocycles. The van der Waals surface area contributed by atoms with Crippen LogP contribution in [0.2, 0.25) is 5.28 Å². The van der Waals surface area contributed by atoms with Gasteiger partial charge in [-0.1, -0.05) is 0 Å². The van der Waals surface area contributed by atoms with Crippen molar-refractivity contribution < 1.29 is 4.74 Å². The Morgan fingerprint density at radius 3 is 2.89 bits per heavy atom. The van der Waals surface area contributed by atoms with Crippen molar-refractivity contribution in [2.75, 3.05) is 7.11 Å². The molecule has 0 atom stereocenters. The van der Waals surface area contributed by atoms with Crippen LogP contribution < -0.4 is 4.74 Å². The summed E-state index contributed by atoms with van der Waals surface area (Å²) in [7, 11) is 1.67. The zero-order valence-corrected chi connectivity index (χ0v) is 11.1. The number of rotatable bonds is 2. The van der Waals surface area contributed by atoms with E-state index in [2.05, 4.69) is 16.0 Å². The first kappa shape index (κ1) is 11.4. The number of nitrogens with zero attached hydrogens (tertiary/aromatic N) is 2. The summed E-state index contributed by atoms with van der Waals surface area (Å²) in [5.74, 6) is 0.858. The summed E-state index contributed by atoms with van der Waals surface area (Å²) in [5.41, 5.74) is 0.843. The van der Waals surface area contributed by atoms with E-state index in [1.54, 1.807) is 24.6 Å². The summed E-state index contributed by atoms with van der Waals surface area (Å²) in [6, 6.07) is 9.96. The molecule has 0 saturated heterocycles. The molecule has 18 heavy (non-hydrogen) atoms. The largest absolute Gasteiger partial charge is 0.497 e. The minimum absolute atomic E-state index is 0.266. The molecule has 0 aliphatic rings. The van der Waals surface area contributed by atoms with Gasteiger partial charge in [-0.15, -0.1) is 11.3 Å². The monoisotopic (exact) mass is 276 g/mol. The summed E-state index contributed by atoms with van der Waals surface area (Å²) in [5, 5.41) is 1.44. The molecule has 0 aliphatic carbocycles. The Bertz CT molecular complexity index is 711. The van der Waals surface area contributed by atoms with Crippen LogP contribution in [0.5, 0.6) is 5.75 Å². The second-order valence-corrected chi connectivity index (χ2v) is 5.15. The van der Waals surface area contributed by atoms with Crippen molar-refractivity contribution >= 4 is 33.0 Å². The fourth-order valence-corrected chi connectivity index (χ4v) is 2.95. The lowest BCUT2D eigenvalue weighted by Gasteiger charge is -1.97. The number of benzene rings is 1. The van der Waals surface area contributed by atoms with Crippen molar-refractivity contribution in [1.82, 2.24) is 9.97 Å². The normalized spacial score (nSPS) is 10.8. The van der Waals surface area contributed by atoms with E-state index in [1.165, 1.54) is 10.1 Å². The topological polar surface area (TPSA) is 35.0 Å². The molecule has 0 unspecified atom stereocenters. The highest BCUT2D eigenvalue weighted by Crippen LogP contribution is 2.34. The third-order valence-electron chi connectivity index (χ3n) is 2.61. The lowest BCUT2D eigenvalue weighted by Crippen LogP contribution is -1.83. The number of ether oxygens (including phenoxy) is 1. The summed E-state index contributed by atoms with van der Waals surface area (Å²) < 4.78 is 6.38. The number of hydrogen-bond acceptors (Lipinski definition) is 4. The van der Waals surface area contributed by atoms with Crippen LogP contribution in [0.4, 0.5) is 0 Å². The van der Waals surface area contributed by atoms with Crippen LogP contribution in [0.3, 0.4) is 0 Å². The third-order valence-corrected chi connectivity index (χ3v) is 3.91. The van der Waals surface area contributed by atoms with Crippen LogP contribution in [0.25, 0.3) is 20.7 Å². The summed E-state index contributed by atoms with van der Waals surface area (Å²) >= 11 is 7.46. The van der Waals surface area contributed by atoms with E-state index in [1.807, 2.05) is 24.3 Å². The Hall–Kier alpha value is -1.65. The van der Waals surface area contributed by atoms with E-state index in [-0.39, 0.29) is 5.28 Å². The predicted octanol–water partition coefficient (Wildman–Crippen LogP) is 4.02. The quantitative estimate of drug-likeness (QED) is 0.663. The molecule has 90 valence electrons. The van der Waals surface area contributed by atoms with Gasteiger partial charge in [0, 0.05) is 10.9 Å². The first-order valence-electron chi connectivity index (χ1n) is 5.33. The minimum Gasteiger partial charge on any atom is -0.497 e. The molecular formula is C13H9ClN2OS. The maximum atomic E-state index is 5.80. The van der Waals surface area contributed by atoms with E-state index < -0.39 is 0 Å². The van der Waals surface area contributed by atoms with Gasteiger partial charge in [-0.3, -0.25) is 0 Å². The molecule has 3 nitrogen and oxygen atoms in total. The molecule has 0 radical (unpaired) electrons. The first-order chi connectivity index (χ1) is 8.76. The Balaban J connectivity index is 2.13. The minimum atomic E-state index is 0.266. The van der Waals surface area contributed by atoms with Gasteiger partial charge in [0.2, 0.25) is 5.28 Å². The van der Waals surface area contributed by atoms with Crippen molar-refractivity contribution in [3.05, 3.63) is 41.8 Å². The molecule has 5 heteroatoms. The van der Waals surface area contributed by atoms with Gasteiger partial charge in [-0.25, -0.2) is 9.97 Å². The number of aromatic nitrogens is 2. The summed E-state index contributed by atoms with van der Waals surface area (Å²) in [6.45, 7) is 0. The maximum absolute atomic E-state index is 5.80. The Labute approximate surface area is 113 Å². The van der Waals surface area contributed by atoms with Crippen molar-refractivity contribution in [1.29, 1.82) is 0 Å². The van der Waals surface area contributed by atoms with Crippen LogP contribution in [-0.2, 0) is 0 Å². The van der Waals surface area contributed by atoms with Gasteiger partial charge in [0.1, 0.15) is 5.75 Å². The molecule has 0 bridgehead atoms. The van der Waals surface area contributed by atoms with Gasteiger partial charge in [0.05, 0.1) is 17.7 Å². The summed E-state index contributed by atoms with van der Waals surface area (Å²) in [4.78, 5) is 9.17. The molecule has 0 amide bonds. The standard InChI is InChI=1S/C13H9ClN2OS/c1-17-9-3-2-8-6-12(18-11(8)7-9)10-4-5-15-13(14)16-10/h2-7H,1H3. The fraction of sp³-hybridized carbons (Fsp3) is 0.0769. The lowest BCUT2D eigenvalue weighted by molar-refractivity contribution is 0.415. The lowest BCUT2D eigenvalue weighted by atomic mass is 10.2. The van der Waals surface area contributed by atoms with Crippen molar-refractivity contribution in [2.45, 2.75) is 0 Å². The number of halogens is 1. The van der Waals surface area contributed by atoms with E-state index in [9.17, 15) is 0 Å². The van der Waals surface area contributed by atoms with Crippen molar-refractivity contribution in [2.24, 2.45) is 0 Å². The van der Waals surface area contributed by atoms with Gasteiger partial charge >= 0.3 is 0 Å². The van der Waals surface area contributed by atoms with Crippen LogP contribution in [0.1, 0.15) is 0 Å². The Kier molecular flexibility index (Phi) is 2.89. The average molecular weight is 277 g/mol. The van der Waals surface area contributed by atoms with E-state index in [0.717, 1.165) is 16.3 Å². The molecule has 3 aromatic rings. The van der Waals surface area contributed by atoms with Crippen LogP contribution in [0, 0.1) is 0 Å². The second kappa shape index (κ2) is 4.55. The van der Waals surface area contributed by atoms with E-state index in [0.29, 0.717) is 0 Å². The molecule has 0 N–H and O–H groups in total.